The van der Waals surface area contributed by atoms with E-state index in [1.54, 1.807) is 37.3 Å². The summed E-state index contributed by atoms with van der Waals surface area (Å²) < 4.78 is 23.1. The van der Waals surface area contributed by atoms with Gasteiger partial charge in [0.2, 0.25) is 0 Å². The van der Waals surface area contributed by atoms with E-state index in [9.17, 15) is 4.79 Å². The maximum atomic E-state index is 13.7. The van der Waals surface area contributed by atoms with Crippen molar-refractivity contribution in [3.8, 4) is 23.0 Å². The predicted octanol–water partition coefficient (Wildman–Crippen LogP) is 4.07. The summed E-state index contributed by atoms with van der Waals surface area (Å²) in [6, 6.07) is 9.03. The number of methoxy groups -OCH3 is 2. The maximum Gasteiger partial charge on any atom is 0.260 e. The van der Waals surface area contributed by atoms with Crippen LogP contribution in [0.4, 0.5) is 5.13 Å². The number of benzene rings is 2. The van der Waals surface area contributed by atoms with Gasteiger partial charge in [0.05, 0.1) is 24.4 Å². The molecule has 3 aromatic rings. The summed E-state index contributed by atoms with van der Waals surface area (Å²) in [6.07, 6.45) is 0. The number of rotatable bonds is 9. The smallest absolute Gasteiger partial charge is 0.260 e. The molecule has 0 atom stereocenters. The highest BCUT2D eigenvalue weighted by Gasteiger charge is 2.24. The minimum Gasteiger partial charge on any atom is -0.493 e. The van der Waals surface area contributed by atoms with Crippen molar-refractivity contribution in [2.24, 2.45) is 0 Å². The summed E-state index contributed by atoms with van der Waals surface area (Å²) in [6.45, 7) is 8.36. The van der Waals surface area contributed by atoms with Gasteiger partial charge in [0, 0.05) is 30.8 Å². The first-order valence-electron chi connectivity index (χ1n) is 11.0. The minimum atomic E-state index is -0.139. The molecular weight excluding hydrogens is 442 g/mol. The highest BCUT2D eigenvalue weighted by molar-refractivity contribution is 7.22. The van der Waals surface area contributed by atoms with Gasteiger partial charge < -0.3 is 23.8 Å². The first kappa shape index (κ1) is 23.1. The summed E-state index contributed by atoms with van der Waals surface area (Å²) in [5, 5.41) is 0.638. The van der Waals surface area contributed by atoms with E-state index in [0.717, 1.165) is 29.9 Å². The molecule has 0 N–H and O–H groups in total. The van der Waals surface area contributed by atoms with Crippen LogP contribution < -0.4 is 23.8 Å². The van der Waals surface area contributed by atoms with Crippen molar-refractivity contribution in [2.75, 3.05) is 58.5 Å². The lowest BCUT2D eigenvalue weighted by atomic mass is 10.1. The minimum absolute atomic E-state index is 0.139. The molecule has 0 saturated carbocycles. The number of likely N-dealkylation sites (N-methyl/N-ethyl adjacent to an activating group) is 1. The highest BCUT2D eigenvalue weighted by atomic mass is 32.1. The number of thiazole rings is 1. The third-order valence-electron chi connectivity index (χ3n) is 5.68. The highest BCUT2D eigenvalue weighted by Crippen LogP contribution is 2.39. The van der Waals surface area contributed by atoms with Crippen LogP contribution in [0.15, 0.2) is 30.3 Å². The second-order valence-corrected chi connectivity index (χ2v) is 8.52. The molecule has 9 heteroatoms. The van der Waals surface area contributed by atoms with Crippen molar-refractivity contribution in [2.45, 2.75) is 13.8 Å². The lowest BCUT2D eigenvalue weighted by Gasteiger charge is -2.25. The van der Waals surface area contributed by atoms with Gasteiger partial charge in [-0.3, -0.25) is 9.69 Å². The molecule has 1 aromatic heterocycles. The normalized spacial score (nSPS) is 12.8. The number of ether oxygens (including phenoxy) is 4. The Morgan fingerprint density at radius 3 is 2.36 bits per heavy atom. The zero-order chi connectivity index (χ0) is 23.4. The van der Waals surface area contributed by atoms with Gasteiger partial charge in [0.25, 0.3) is 5.91 Å². The molecule has 0 radical (unpaired) electrons. The molecule has 1 aliphatic rings. The average molecular weight is 472 g/mol. The fraction of sp³-hybridized carbons (Fsp3) is 0.417. The average Bonchev–Trinajstić information content (AvgIpc) is 3.26. The molecule has 4 rings (SSSR count). The number of nitrogens with zero attached hydrogens (tertiary/aromatic N) is 3. The van der Waals surface area contributed by atoms with E-state index >= 15 is 0 Å². The largest absolute Gasteiger partial charge is 0.493 e. The van der Waals surface area contributed by atoms with E-state index in [1.807, 2.05) is 12.1 Å². The van der Waals surface area contributed by atoms with Crippen molar-refractivity contribution < 1.29 is 23.7 Å². The molecular formula is C24H29N3O5S. The summed E-state index contributed by atoms with van der Waals surface area (Å²) in [7, 11) is 3.13. The van der Waals surface area contributed by atoms with E-state index in [1.165, 1.54) is 11.3 Å². The van der Waals surface area contributed by atoms with Gasteiger partial charge in [-0.05, 0) is 31.3 Å². The summed E-state index contributed by atoms with van der Waals surface area (Å²) >= 11 is 1.47. The molecule has 0 aliphatic carbocycles. The first-order valence-corrected chi connectivity index (χ1v) is 11.9. The van der Waals surface area contributed by atoms with Crippen LogP contribution in [0.2, 0.25) is 0 Å². The molecule has 1 amide bonds. The van der Waals surface area contributed by atoms with Gasteiger partial charge in [-0.1, -0.05) is 25.2 Å². The standard InChI is InChI=1S/C24H29N3O5S/c1-5-26(6-2)9-10-27(23(28)16-7-8-18(29-3)19(13-16)30-4)24-25-17-14-20-21(15-22(17)33-24)32-12-11-31-20/h7-8,13-15H,5-6,9-12H2,1-4H3. The van der Waals surface area contributed by atoms with Crippen molar-refractivity contribution in [1.82, 2.24) is 9.88 Å². The number of fused-ring (bicyclic) bond motifs is 2. The number of hydrogen-bond donors (Lipinski definition) is 0. The maximum absolute atomic E-state index is 13.7. The summed E-state index contributed by atoms with van der Waals surface area (Å²) in [5.74, 6) is 2.35. The number of carbonyl (C=O) groups is 1. The van der Waals surface area contributed by atoms with Gasteiger partial charge in [0.15, 0.2) is 28.1 Å². The van der Waals surface area contributed by atoms with Gasteiger partial charge in [-0.2, -0.15) is 0 Å². The Bertz CT molecular complexity index is 1090. The first-order chi connectivity index (χ1) is 16.1. The Hall–Kier alpha value is -3.04. The van der Waals surface area contributed by atoms with Crippen LogP contribution in [0.1, 0.15) is 24.2 Å². The molecule has 2 heterocycles. The predicted molar refractivity (Wildman–Crippen MR) is 130 cm³/mol. The van der Waals surface area contributed by atoms with Crippen LogP contribution in [0.3, 0.4) is 0 Å². The number of hydrogen-bond acceptors (Lipinski definition) is 8. The van der Waals surface area contributed by atoms with E-state index in [4.69, 9.17) is 23.9 Å². The van der Waals surface area contributed by atoms with Crippen molar-refractivity contribution in [3.63, 3.8) is 0 Å². The molecule has 0 saturated heterocycles. The zero-order valence-corrected chi connectivity index (χ0v) is 20.2. The Labute approximate surface area is 197 Å². The number of aromatic nitrogens is 1. The lowest BCUT2D eigenvalue weighted by Crippen LogP contribution is -2.38. The van der Waals surface area contributed by atoms with Crippen LogP contribution in [-0.4, -0.2) is 69.4 Å². The second kappa shape index (κ2) is 10.3. The molecule has 176 valence electrons. The van der Waals surface area contributed by atoms with E-state index in [2.05, 4.69) is 18.7 Å². The monoisotopic (exact) mass is 471 g/mol. The van der Waals surface area contributed by atoms with Crippen molar-refractivity contribution >= 4 is 32.6 Å². The van der Waals surface area contributed by atoms with E-state index < -0.39 is 0 Å². The lowest BCUT2D eigenvalue weighted by molar-refractivity contribution is 0.0983. The van der Waals surface area contributed by atoms with Crippen molar-refractivity contribution in [3.05, 3.63) is 35.9 Å². The third-order valence-corrected chi connectivity index (χ3v) is 6.72. The second-order valence-electron chi connectivity index (χ2n) is 7.51. The number of anilines is 1. The molecule has 0 unspecified atom stereocenters. The molecule has 8 nitrogen and oxygen atoms in total. The fourth-order valence-corrected chi connectivity index (χ4v) is 4.76. The molecule has 0 bridgehead atoms. The molecule has 2 aromatic carbocycles. The fourth-order valence-electron chi connectivity index (χ4n) is 3.76. The molecule has 33 heavy (non-hydrogen) atoms. The van der Waals surface area contributed by atoms with Gasteiger partial charge in [-0.15, -0.1) is 0 Å². The summed E-state index contributed by atoms with van der Waals surface area (Å²) in [4.78, 5) is 22.5. The van der Waals surface area contributed by atoms with E-state index in [-0.39, 0.29) is 5.91 Å². The van der Waals surface area contributed by atoms with Gasteiger partial charge >= 0.3 is 0 Å². The Balaban J connectivity index is 1.70. The van der Waals surface area contributed by atoms with Gasteiger partial charge in [-0.25, -0.2) is 4.98 Å². The van der Waals surface area contributed by atoms with Gasteiger partial charge in [0.1, 0.15) is 13.2 Å². The molecule has 0 fully saturated rings. The summed E-state index contributed by atoms with van der Waals surface area (Å²) in [5.41, 5.74) is 1.30. The number of amides is 1. The molecule has 0 spiro atoms. The molecule has 1 aliphatic heterocycles. The quantitative estimate of drug-likeness (QED) is 0.466. The van der Waals surface area contributed by atoms with Crippen LogP contribution in [-0.2, 0) is 0 Å². The van der Waals surface area contributed by atoms with Crippen LogP contribution >= 0.6 is 11.3 Å². The van der Waals surface area contributed by atoms with Crippen LogP contribution in [0.25, 0.3) is 10.2 Å². The Kier molecular flexibility index (Phi) is 7.20. The van der Waals surface area contributed by atoms with Crippen LogP contribution in [0.5, 0.6) is 23.0 Å². The Morgan fingerprint density at radius 1 is 1.00 bits per heavy atom. The number of carbonyl (C=O) groups excluding carboxylic acids is 1. The van der Waals surface area contributed by atoms with Crippen LogP contribution in [0, 0.1) is 0 Å². The van der Waals surface area contributed by atoms with Crippen molar-refractivity contribution in [1.29, 1.82) is 0 Å². The topological polar surface area (TPSA) is 73.4 Å². The third kappa shape index (κ3) is 4.84. The zero-order valence-electron chi connectivity index (χ0n) is 19.4. The van der Waals surface area contributed by atoms with E-state index in [0.29, 0.717) is 53.5 Å². The SMILES string of the molecule is CCN(CC)CCN(C(=O)c1ccc(OC)c(OC)c1)c1nc2cc3c(cc2s1)OCCO3. The Morgan fingerprint density at radius 2 is 1.70 bits per heavy atom.